The second-order valence-electron chi connectivity index (χ2n) is 4.65. The van der Waals surface area contributed by atoms with Gasteiger partial charge in [-0.25, -0.2) is 8.42 Å². The van der Waals surface area contributed by atoms with Crippen LogP contribution in [0.4, 0.5) is 0 Å². The molecule has 0 amide bonds. The lowest BCUT2D eigenvalue weighted by Crippen LogP contribution is -2.32. The van der Waals surface area contributed by atoms with E-state index in [0.717, 1.165) is 0 Å². The summed E-state index contributed by atoms with van der Waals surface area (Å²) < 4.78 is 31.3. The number of nitriles is 1. The smallest absolute Gasteiger partial charge is 0.214 e. The van der Waals surface area contributed by atoms with Crippen LogP contribution in [0.3, 0.4) is 0 Å². The first-order chi connectivity index (χ1) is 9.62. The third-order valence-electron chi connectivity index (χ3n) is 3.13. The zero-order valence-corrected chi connectivity index (χ0v) is 11.9. The van der Waals surface area contributed by atoms with E-state index in [-0.39, 0.29) is 18.3 Å². The highest BCUT2D eigenvalue weighted by Gasteiger charge is 2.32. The number of hydrogen-bond donors (Lipinski definition) is 0. The molecule has 2 rings (SSSR count). The van der Waals surface area contributed by atoms with Gasteiger partial charge in [0.25, 0.3) is 0 Å². The molecule has 108 valence electrons. The molecule has 6 nitrogen and oxygen atoms in total. The van der Waals surface area contributed by atoms with Gasteiger partial charge in [-0.15, -0.1) is 0 Å². The first kappa shape index (κ1) is 14.8. The Hall–Kier alpha value is -1.65. The molecule has 20 heavy (non-hydrogen) atoms. The van der Waals surface area contributed by atoms with Crippen molar-refractivity contribution in [3.05, 3.63) is 24.5 Å². The van der Waals surface area contributed by atoms with E-state index in [9.17, 15) is 8.42 Å². The van der Waals surface area contributed by atoms with Crippen LogP contribution in [0.25, 0.3) is 0 Å². The van der Waals surface area contributed by atoms with Gasteiger partial charge in [-0.1, -0.05) is 0 Å². The topological polar surface area (TPSA) is 83.3 Å². The Morgan fingerprint density at radius 2 is 2.40 bits per heavy atom. The molecule has 0 aliphatic carbocycles. The lowest BCUT2D eigenvalue weighted by Gasteiger charge is -2.16. The molecule has 0 aromatic carbocycles. The van der Waals surface area contributed by atoms with Gasteiger partial charge in [-0.2, -0.15) is 9.57 Å². The van der Waals surface area contributed by atoms with Crippen molar-refractivity contribution >= 4 is 10.0 Å². The molecule has 0 unspecified atom stereocenters. The molecule has 0 N–H and O–H groups in total. The van der Waals surface area contributed by atoms with Gasteiger partial charge in [0.2, 0.25) is 10.0 Å². The summed E-state index contributed by atoms with van der Waals surface area (Å²) >= 11 is 0. The molecule has 1 aliphatic rings. The van der Waals surface area contributed by atoms with Gasteiger partial charge in [-0.05, 0) is 25.0 Å². The van der Waals surface area contributed by atoms with Gasteiger partial charge < -0.3 is 4.74 Å². The standard InChI is InChI=1S/C13H17N3O3S/c14-6-1-2-9-20(17,18)16-8-5-13(11-16)19-12-4-3-7-15-10-12/h3-4,7,10,13H,1-2,5,8-9,11H2/t13-/m1/s1. The Kier molecular flexibility index (Phi) is 4.93. The van der Waals surface area contributed by atoms with E-state index in [1.165, 1.54) is 4.31 Å². The van der Waals surface area contributed by atoms with Crippen molar-refractivity contribution in [2.45, 2.75) is 25.4 Å². The second kappa shape index (κ2) is 6.68. The van der Waals surface area contributed by atoms with Crippen molar-refractivity contribution in [1.82, 2.24) is 9.29 Å². The van der Waals surface area contributed by atoms with Crippen LogP contribution >= 0.6 is 0 Å². The van der Waals surface area contributed by atoms with Gasteiger partial charge in [0.15, 0.2) is 0 Å². The van der Waals surface area contributed by atoms with Crippen LogP contribution in [0.2, 0.25) is 0 Å². The van der Waals surface area contributed by atoms with Crippen LogP contribution in [-0.2, 0) is 10.0 Å². The highest BCUT2D eigenvalue weighted by atomic mass is 32.2. The summed E-state index contributed by atoms with van der Waals surface area (Å²) in [7, 11) is -3.27. The zero-order chi connectivity index (χ0) is 14.4. The lowest BCUT2D eigenvalue weighted by molar-refractivity contribution is 0.214. The number of pyridine rings is 1. The maximum absolute atomic E-state index is 12.1. The predicted octanol–water partition coefficient (Wildman–Crippen LogP) is 1.17. The first-order valence-corrected chi connectivity index (χ1v) is 8.14. The van der Waals surface area contributed by atoms with E-state index in [1.54, 1.807) is 24.5 Å². The number of unbranched alkanes of at least 4 members (excludes halogenated alkanes) is 1. The molecule has 0 spiro atoms. The molecule has 2 heterocycles. The summed E-state index contributed by atoms with van der Waals surface area (Å²) in [5.41, 5.74) is 0. The molecular weight excluding hydrogens is 278 g/mol. The number of sulfonamides is 1. The zero-order valence-electron chi connectivity index (χ0n) is 11.1. The molecule has 7 heteroatoms. The SMILES string of the molecule is N#CCCCS(=O)(=O)N1CC[C@@H](Oc2cccnc2)C1. The number of rotatable bonds is 6. The molecule has 1 fully saturated rings. The van der Waals surface area contributed by atoms with Crippen LogP contribution in [0.1, 0.15) is 19.3 Å². The van der Waals surface area contributed by atoms with E-state index in [2.05, 4.69) is 4.98 Å². The first-order valence-electron chi connectivity index (χ1n) is 6.53. The summed E-state index contributed by atoms with van der Waals surface area (Å²) in [6.07, 6.45) is 4.46. The molecule has 0 bridgehead atoms. The molecular formula is C13H17N3O3S. The van der Waals surface area contributed by atoms with Gasteiger partial charge in [-0.3, -0.25) is 4.98 Å². The number of nitrogens with zero attached hydrogens (tertiary/aromatic N) is 3. The average Bonchev–Trinajstić information content (AvgIpc) is 2.89. The Balaban J connectivity index is 1.87. The Bertz CT molecular complexity index is 568. The average molecular weight is 295 g/mol. The molecule has 1 aromatic heterocycles. The molecule has 0 radical (unpaired) electrons. The molecule has 1 atom stereocenters. The highest BCUT2D eigenvalue weighted by Crippen LogP contribution is 2.20. The largest absolute Gasteiger partial charge is 0.487 e. The van der Waals surface area contributed by atoms with Gasteiger partial charge in [0.05, 0.1) is 24.6 Å². The number of aromatic nitrogens is 1. The highest BCUT2D eigenvalue weighted by molar-refractivity contribution is 7.89. The van der Waals surface area contributed by atoms with Gasteiger partial charge >= 0.3 is 0 Å². The fraction of sp³-hybridized carbons (Fsp3) is 0.538. The van der Waals surface area contributed by atoms with E-state index in [1.807, 2.05) is 6.07 Å². The normalized spacial score (nSPS) is 19.6. The predicted molar refractivity (Wildman–Crippen MR) is 73.5 cm³/mol. The number of hydrogen-bond acceptors (Lipinski definition) is 5. The molecule has 1 aliphatic heterocycles. The Morgan fingerprint density at radius 1 is 1.55 bits per heavy atom. The van der Waals surface area contributed by atoms with Crippen molar-refractivity contribution in [2.24, 2.45) is 0 Å². The van der Waals surface area contributed by atoms with Crippen molar-refractivity contribution in [2.75, 3.05) is 18.8 Å². The maximum Gasteiger partial charge on any atom is 0.214 e. The van der Waals surface area contributed by atoms with Crippen LogP contribution in [0, 0.1) is 11.3 Å². The molecule has 1 saturated heterocycles. The maximum atomic E-state index is 12.1. The van der Waals surface area contributed by atoms with E-state index in [0.29, 0.717) is 31.7 Å². The minimum atomic E-state index is -3.27. The molecule has 0 saturated carbocycles. The monoisotopic (exact) mass is 295 g/mol. The van der Waals surface area contributed by atoms with Crippen LogP contribution in [-0.4, -0.2) is 42.7 Å². The number of ether oxygens (including phenoxy) is 1. The quantitative estimate of drug-likeness (QED) is 0.736. The summed E-state index contributed by atoms with van der Waals surface area (Å²) in [5.74, 6) is 0.682. The van der Waals surface area contributed by atoms with Crippen molar-refractivity contribution in [1.29, 1.82) is 5.26 Å². The molecule has 1 aromatic rings. The summed E-state index contributed by atoms with van der Waals surface area (Å²) in [6, 6.07) is 5.54. The van der Waals surface area contributed by atoms with Crippen molar-refractivity contribution in [3.8, 4) is 11.8 Å². The Labute approximate surface area is 119 Å². The van der Waals surface area contributed by atoms with Crippen molar-refractivity contribution in [3.63, 3.8) is 0 Å². The summed E-state index contributed by atoms with van der Waals surface area (Å²) in [4.78, 5) is 3.96. The van der Waals surface area contributed by atoms with Gasteiger partial charge in [0.1, 0.15) is 11.9 Å². The minimum absolute atomic E-state index is 0.0279. The lowest BCUT2D eigenvalue weighted by atomic mass is 10.3. The summed E-state index contributed by atoms with van der Waals surface area (Å²) in [5, 5.41) is 8.45. The minimum Gasteiger partial charge on any atom is -0.487 e. The fourth-order valence-corrected chi connectivity index (χ4v) is 3.66. The van der Waals surface area contributed by atoms with E-state index < -0.39 is 10.0 Å². The van der Waals surface area contributed by atoms with E-state index >= 15 is 0 Å². The Morgan fingerprint density at radius 3 is 3.10 bits per heavy atom. The van der Waals surface area contributed by atoms with Gasteiger partial charge in [0, 0.05) is 19.2 Å². The van der Waals surface area contributed by atoms with Crippen LogP contribution in [0.15, 0.2) is 24.5 Å². The summed E-state index contributed by atoms with van der Waals surface area (Å²) in [6.45, 7) is 0.837. The second-order valence-corrected chi connectivity index (χ2v) is 6.74. The van der Waals surface area contributed by atoms with Crippen molar-refractivity contribution < 1.29 is 13.2 Å². The third kappa shape index (κ3) is 3.92. The fourth-order valence-electron chi connectivity index (χ4n) is 2.12. The van der Waals surface area contributed by atoms with Crippen LogP contribution in [0.5, 0.6) is 5.75 Å². The van der Waals surface area contributed by atoms with Crippen LogP contribution < -0.4 is 4.74 Å². The van der Waals surface area contributed by atoms with E-state index in [4.69, 9.17) is 10.00 Å². The third-order valence-corrected chi connectivity index (χ3v) is 5.05.